The molecule has 0 unspecified atom stereocenters. The van der Waals surface area contributed by atoms with Gasteiger partial charge in [0.2, 0.25) is 0 Å². The number of hydrogen-bond acceptors (Lipinski definition) is 0. The van der Waals surface area contributed by atoms with Crippen LogP contribution in [0.2, 0.25) is 0 Å². The highest BCUT2D eigenvalue weighted by molar-refractivity contribution is 6.38. The van der Waals surface area contributed by atoms with Crippen molar-refractivity contribution in [2.24, 2.45) is 0 Å². The van der Waals surface area contributed by atoms with Crippen LogP contribution in [-0.2, 0) is 0 Å². The SMILES string of the molecule is Cc1c(C)c(C)c(-c2c3c(c(-c4c(C)c(C)c(C)c(C)c4C)c4cc5c6cc7ccccc7cc6c6ccccc6c5cc24)-c2ccc4ccc5cccc6cc-3c2c4c56)c(C)c1C. The minimum atomic E-state index is 1.27. The first kappa shape index (κ1) is 37.5. The van der Waals surface area contributed by atoms with E-state index in [0.29, 0.717) is 0 Å². The molecule has 0 saturated heterocycles. The van der Waals surface area contributed by atoms with Crippen molar-refractivity contribution < 1.29 is 0 Å². The summed E-state index contributed by atoms with van der Waals surface area (Å²) in [5, 5.41) is 21.1. The van der Waals surface area contributed by atoms with Crippen molar-refractivity contribution in [3.63, 3.8) is 0 Å². The Morgan fingerprint density at radius 2 is 0.594 bits per heavy atom. The van der Waals surface area contributed by atoms with E-state index >= 15 is 0 Å². The Hall–Kier alpha value is -7.02. The smallest absolute Gasteiger partial charge is 0.000698 e. The fraction of sp³-hybridized carbons (Fsp3) is 0.156. The molecule has 1 aliphatic rings. The van der Waals surface area contributed by atoms with Gasteiger partial charge in [0, 0.05) is 0 Å². The molecule has 12 aromatic carbocycles. The molecule has 12 aromatic rings. The van der Waals surface area contributed by atoms with Gasteiger partial charge in [-0.05, 0) is 286 Å². The number of fused-ring (bicyclic) bond motifs is 11. The highest BCUT2D eigenvalue weighted by atomic mass is 14.4. The fourth-order valence-electron chi connectivity index (χ4n) is 12.7. The summed E-state index contributed by atoms with van der Waals surface area (Å²) in [5.41, 5.74) is 24.8. The van der Waals surface area contributed by atoms with Gasteiger partial charge in [0.05, 0.1) is 0 Å². The summed E-state index contributed by atoms with van der Waals surface area (Å²) in [6.45, 7) is 23.6. The van der Waals surface area contributed by atoms with Gasteiger partial charge in [0.25, 0.3) is 0 Å². The van der Waals surface area contributed by atoms with E-state index in [-0.39, 0.29) is 0 Å². The average Bonchev–Trinajstić information content (AvgIpc) is 3.65. The Balaban J connectivity index is 1.37. The number of hydrogen-bond donors (Lipinski definition) is 0. The van der Waals surface area contributed by atoms with Gasteiger partial charge in [0.15, 0.2) is 0 Å². The molecule has 0 radical (unpaired) electrons. The van der Waals surface area contributed by atoms with E-state index in [9.17, 15) is 0 Å². The fourth-order valence-corrected chi connectivity index (χ4v) is 12.7. The Labute approximate surface area is 375 Å². The second kappa shape index (κ2) is 12.8. The predicted molar refractivity (Wildman–Crippen MR) is 280 cm³/mol. The molecule has 306 valence electrons. The normalized spacial score (nSPS) is 12.5. The van der Waals surface area contributed by atoms with Gasteiger partial charge in [-0.2, -0.15) is 0 Å². The van der Waals surface area contributed by atoms with Crippen LogP contribution >= 0.6 is 0 Å². The van der Waals surface area contributed by atoms with Gasteiger partial charge in [-0.1, -0.05) is 91.0 Å². The van der Waals surface area contributed by atoms with Gasteiger partial charge >= 0.3 is 0 Å². The monoisotopic (exact) mass is 818 g/mol. The summed E-state index contributed by atoms with van der Waals surface area (Å²) in [4.78, 5) is 0. The summed E-state index contributed by atoms with van der Waals surface area (Å²) in [6.07, 6.45) is 0. The van der Waals surface area contributed by atoms with Crippen LogP contribution < -0.4 is 0 Å². The van der Waals surface area contributed by atoms with Crippen LogP contribution in [0.3, 0.4) is 0 Å². The van der Waals surface area contributed by atoms with Crippen LogP contribution in [0, 0.1) is 69.2 Å². The van der Waals surface area contributed by atoms with Gasteiger partial charge < -0.3 is 0 Å². The maximum absolute atomic E-state index is 2.63. The standard InChI is InChI=1S/C64H50/c1-31-33(3)37(7)56(38(8)34(31)4)62-54-30-52-50-27-44-17-12-11-16-43(44)26-49(50)46-20-13-14-21-47(46)51(52)29-53(54)63(57-39(9)35(5)32(2)36(6)40(57)10)64-55-28-45-19-15-18-41-22-23-42-24-25-48(61(62)64)60(55)59(42)58(41)45/h11-30H,1-10H3. The van der Waals surface area contributed by atoms with Crippen molar-refractivity contribution in [3.05, 3.63) is 177 Å². The summed E-state index contributed by atoms with van der Waals surface area (Å²) >= 11 is 0. The molecule has 0 aliphatic heterocycles. The highest BCUT2D eigenvalue weighted by Crippen LogP contribution is 2.62. The zero-order valence-corrected chi connectivity index (χ0v) is 38.5. The van der Waals surface area contributed by atoms with Gasteiger partial charge in [-0.3, -0.25) is 0 Å². The summed E-state index contributed by atoms with van der Waals surface area (Å²) < 4.78 is 0. The molecule has 0 nitrogen and oxygen atoms in total. The van der Waals surface area contributed by atoms with Crippen molar-refractivity contribution in [2.75, 3.05) is 0 Å². The van der Waals surface area contributed by atoms with Crippen molar-refractivity contribution in [2.45, 2.75) is 69.2 Å². The van der Waals surface area contributed by atoms with E-state index in [1.807, 2.05) is 0 Å². The third-order valence-corrected chi connectivity index (χ3v) is 16.8. The molecule has 0 spiro atoms. The molecule has 0 aromatic heterocycles. The molecular formula is C64H50. The topological polar surface area (TPSA) is 0 Å². The summed E-state index contributed by atoms with van der Waals surface area (Å²) in [6, 6.07) is 47.1. The maximum Gasteiger partial charge on any atom is -0.000698 e. The lowest BCUT2D eigenvalue weighted by atomic mass is 9.75. The third kappa shape index (κ3) is 4.58. The second-order valence-corrected chi connectivity index (χ2v) is 19.4. The van der Waals surface area contributed by atoms with E-state index in [0.717, 1.165) is 0 Å². The average molecular weight is 819 g/mol. The van der Waals surface area contributed by atoms with Crippen molar-refractivity contribution in [1.29, 1.82) is 0 Å². The quantitative estimate of drug-likeness (QED) is 0.120. The zero-order valence-electron chi connectivity index (χ0n) is 38.5. The Morgan fingerprint density at radius 3 is 1.14 bits per heavy atom. The molecule has 1 aliphatic carbocycles. The number of benzene rings is 12. The lowest BCUT2D eigenvalue weighted by Gasteiger charge is -2.28. The van der Waals surface area contributed by atoms with E-state index in [1.165, 1.54) is 186 Å². The van der Waals surface area contributed by atoms with E-state index in [1.54, 1.807) is 0 Å². The predicted octanol–water partition coefficient (Wildman–Crippen LogP) is 18.4. The van der Waals surface area contributed by atoms with Crippen molar-refractivity contribution in [3.8, 4) is 44.5 Å². The molecule has 0 amide bonds. The zero-order chi connectivity index (χ0) is 43.8. The van der Waals surface area contributed by atoms with Crippen LogP contribution in [0.1, 0.15) is 55.6 Å². The molecule has 0 atom stereocenters. The lowest BCUT2D eigenvalue weighted by Crippen LogP contribution is -2.04. The Bertz CT molecular complexity index is 4090. The van der Waals surface area contributed by atoms with Crippen molar-refractivity contribution in [1.82, 2.24) is 0 Å². The molecule has 64 heavy (non-hydrogen) atoms. The Morgan fingerprint density at radius 1 is 0.203 bits per heavy atom. The number of rotatable bonds is 2. The first-order valence-electron chi connectivity index (χ1n) is 23.1. The highest BCUT2D eigenvalue weighted by Gasteiger charge is 2.35. The van der Waals surface area contributed by atoms with Gasteiger partial charge in [-0.25, -0.2) is 0 Å². The minimum Gasteiger partial charge on any atom is -0.0616 e. The third-order valence-electron chi connectivity index (χ3n) is 16.8. The van der Waals surface area contributed by atoms with Crippen LogP contribution in [0.4, 0.5) is 0 Å². The molecule has 0 bridgehead atoms. The van der Waals surface area contributed by atoms with E-state index in [2.05, 4.69) is 191 Å². The largest absolute Gasteiger partial charge is 0.0616 e. The van der Waals surface area contributed by atoms with Crippen LogP contribution in [0.5, 0.6) is 0 Å². The van der Waals surface area contributed by atoms with Crippen molar-refractivity contribution >= 4 is 86.2 Å². The first-order chi connectivity index (χ1) is 30.9. The lowest BCUT2D eigenvalue weighted by molar-refractivity contribution is 1.18. The van der Waals surface area contributed by atoms with E-state index < -0.39 is 0 Å². The molecule has 0 heteroatoms. The summed E-state index contributed by atoms with van der Waals surface area (Å²) in [5.74, 6) is 0. The van der Waals surface area contributed by atoms with E-state index in [4.69, 9.17) is 0 Å². The first-order valence-corrected chi connectivity index (χ1v) is 23.1. The summed E-state index contributed by atoms with van der Waals surface area (Å²) in [7, 11) is 0. The Kier molecular flexibility index (Phi) is 7.51. The van der Waals surface area contributed by atoms with Crippen LogP contribution in [0.15, 0.2) is 121 Å². The van der Waals surface area contributed by atoms with Crippen LogP contribution in [0.25, 0.3) is 131 Å². The molecule has 0 fully saturated rings. The molecule has 0 heterocycles. The minimum absolute atomic E-state index is 1.27. The van der Waals surface area contributed by atoms with Crippen LogP contribution in [-0.4, -0.2) is 0 Å². The molecular weight excluding hydrogens is 769 g/mol. The maximum atomic E-state index is 2.63. The molecule has 0 saturated carbocycles. The van der Waals surface area contributed by atoms with Gasteiger partial charge in [-0.15, -0.1) is 0 Å². The molecule has 0 N–H and O–H groups in total. The molecule has 13 rings (SSSR count). The van der Waals surface area contributed by atoms with Gasteiger partial charge in [0.1, 0.15) is 0 Å². The second-order valence-electron chi connectivity index (χ2n) is 19.4.